The van der Waals surface area contributed by atoms with Gasteiger partial charge >= 0.3 is 6.18 Å². The van der Waals surface area contributed by atoms with Gasteiger partial charge < -0.3 is 0 Å². The van der Waals surface area contributed by atoms with Gasteiger partial charge in [-0.05, 0) is 25.3 Å². The number of nitro groups is 1. The summed E-state index contributed by atoms with van der Waals surface area (Å²) in [7, 11) is 0. The number of nitro benzene ring substituents is 1. The molecule has 1 aromatic rings. The molecule has 1 aliphatic rings. The van der Waals surface area contributed by atoms with Crippen molar-refractivity contribution in [2.75, 3.05) is 0 Å². The molecule has 1 aromatic carbocycles. The molecular weight excluding hydrogens is 261 g/mol. The number of rotatable bonds is 4. The van der Waals surface area contributed by atoms with Gasteiger partial charge in [0, 0.05) is 18.2 Å². The summed E-state index contributed by atoms with van der Waals surface area (Å²) in [6, 6.07) is 4.46. The first-order chi connectivity index (χ1) is 8.75. The highest BCUT2D eigenvalue weighted by molar-refractivity contribution is 5.42. The monoisotopic (exact) mass is 274 g/mol. The third kappa shape index (κ3) is 2.70. The van der Waals surface area contributed by atoms with Crippen molar-refractivity contribution < 1.29 is 18.1 Å². The van der Waals surface area contributed by atoms with Gasteiger partial charge in [-0.3, -0.25) is 15.4 Å². The number of hydrogen-bond donors (Lipinski definition) is 1. The number of nitrogens with zero attached hydrogens (tertiary/aromatic N) is 1. The van der Waals surface area contributed by atoms with E-state index in [4.69, 9.17) is 0 Å². The summed E-state index contributed by atoms with van der Waals surface area (Å²) in [4.78, 5) is 10.2. The van der Waals surface area contributed by atoms with Gasteiger partial charge in [0.05, 0.1) is 4.92 Å². The molecule has 0 heterocycles. The van der Waals surface area contributed by atoms with E-state index in [0.717, 1.165) is 0 Å². The zero-order valence-corrected chi connectivity index (χ0v) is 10.3. The lowest BCUT2D eigenvalue weighted by Gasteiger charge is -2.20. The Morgan fingerprint density at radius 2 is 2.05 bits per heavy atom. The van der Waals surface area contributed by atoms with Crippen LogP contribution in [0.5, 0.6) is 0 Å². The summed E-state index contributed by atoms with van der Waals surface area (Å²) in [6.45, 7) is 1.56. The van der Waals surface area contributed by atoms with E-state index in [0.29, 0.717) is 11.1 Å². The van der Waals surface area contributed by atoms with Crippen molar-refractivity contribution in [1.82, 2.24) is 5.32 Å². The average Bonchev–Trinajstić information content (AvgIpc) is 3.08. The first kappa shape index (κ1) is 13.8. The van der Waals surface area contributed by atoms with Crippen LogP contribution in [0.3, 0.4) is 0 Å². The molecule has 1 N–H and O–H groups in total. The maximum Gasteiger partial charge on any atom is 0.406 e. The quantitative estimate of drug-likeness (QED) is 0.678. The summed E-state index contributed by atoms with van der Waals surface area (Å²) in [5.41, 5.74) is -0.901. The Labute approximate surface area is 107 Å². The Morgan fingerprint density at radius 3 is 2.53 bits per heavy atom. The molecule has 4 nitrogen and oxygen atoms in total. The number of hydrogen-bond acceptors (Lipinski definition) is 3. The van der Waals surface area contributed by atoms with Crippen molar-refractivity contribution in [1.29, 1.82) is 0 Å². The third-order valence-corrected chi connectivity index (χ3v) is 3.39. The van der Waals surface area contributed by atoms with E-state index < -0.39 is 16.6 Å². The molecule has 0 atom stereocenters. The van der Waals surface area contributed by atoms with Gasteiger partial charge in [-0.15, -0.1) is 0 Å². The molecule has 0 bridgehead atoms. The molecule has 0 saturated heterocycles. The first-order valence-electron chi connectivity index (χ1n) is 5.81. The van der Waals surface area contributed by atoms with Crippen LogP contribution >= 0.6 is 0 Å². The van der Waals surface area contributed by atoms with Crippen LogP contribution in [0, 0.1) is 17.0 Å². The maximum absolute atomic E-state index is 12.7. The minimum absolute atomic E-state index is 0.0272. The zero-order chi connectivity index (χ0) is 14.3. The second-order valence-corrected chi connectivity index (χ2v) is 4.81. The number of aryl methyl sites for hydroxylation is 1. The van der Waals surface area contributed by atoms with Gasteiger partial charge in [-0.1, -0.05) is 12.1 Å². The first-order valence-corrected chi connectivity index (χ1v) is 5.81. The van der Waals surface area contributed by atoms with Crippen LogP contribution in [0.15, 0.2) is 18.2 Å². The van der Waals surface area contributed by atoms with E-state index in [9.17, 15) is 23.3 Å². The predicted octanol–water partition coefficient (Wildman–Crippen LogP) is 3.09. The van der Waals surface area contributed by atoms with E-state index >= 15 is 0 Å². The number of benzene rings is 1. The van der Waals surface area contributed by atoms with Gasteiger partial charge in [-0.2, -0.15) is 13.2 Å². The van der Waals surface area contributed by atoms with Crippen molar-refractivity contribution in [2.45, 2.75) is 38.0 Å². The molecule has 0 spiro atoms. The highest BCUT2D eigenvalue weighted by Gasteiger charge is 2.62. The Bertz CT molecular complexity index is 510. The summed E-state index contributed by atoms with van der Waals surface area (Å²) < 4.78 is 38.1. The van der Waals surface area contributed by atoms with E-state index in [2.05, 4.69) is 5.32 Å². The second kappa shape index (κ2) is 4.48. The van der Waals surface area contributed by atoms with Crippen molar-refractivity contribution in [3.8, 4) is 0 Å². The molecule has 0 amide bonds. The van der Waals surface area contributed by atoms with Crippen LogP contribution in [0.4, 0.5) is 18.9 Å². The Hall–Kier alpha value is -1.63. The van der Waals surface area contributed by atoms with E-state index in [1.54, 1.807) is 19.1 Å². The smallest absolute Gasteiger partial charge is 0.299 e. The molecule has 0 aliphatic heterocycles. The van der Waals surface area contributed by atoms with Crippen molar-refractivity contribution in [3.05, 3.63) is 39.4 Å². The lowest BCUT2D eigenvalue weighted by atomic mass is 10.1. The molecule has 0 unspecified atom stereocenters. The molecule has 19 heavy (non-hydrogen) atoms. The Balaban J connectivity index is 2.09. The molecular formula is C12H13F3N2O2. The van der Waals surface area contributed by atoms with Crippen LogP contribution in [-0.4, -0.2) is 16.6 Å². The summed E-state index contributed by atoms with van der Waals surface area (Å²) in [5.74, 6) is 0. The topological polar surface area (TPSA) is 55.2 Å². The Morgan fingerprint density at radius 1 is 1.42 bits per heavy atom. The van der Waals surface area contributed by atoms with Crippen molar-refractivity contribution in [2.24, 2.45) is 0 Å². The minimum Gasteiger partial charge on any atom is -0.299 e. The highest BCUT2D eigenvalue weighted by atomic mass is 19.4. The standard InChI is InChI=1S/C12H13F3N2O2/c1-8-2-3-9(6-10(8)17(18)19)7-16-11(4-5-11)12(13,14)15/h2-3,6,16H,4-5,7H2,1H3. The second-order valence-electron chi connectivity index (χ2n) is 4.81. The molecule has 0 radical (unpaired) electrons. The molecule has 104 valence electrons. The SMILES string of the molecule is Cc1ccc(CNC2(C(F)(F)F)CC2)cc1[N+](=O)[O-]. The normalized spacial score (nSPS) is 17.3. The highest BCUT2D eigenvalue weighted by Crippen LogP contribution is 2.49. The molecule has 0 aromatic heterocycles. The van der Waals surface area contributed by atoms with Crippen LogP contribution < -0.4 is 5.32 Å². The van der Waals surface area contributed by atoms with Crippen LogP contribution in [0.25, 0.3) is 0 Å². The van der Waals surface area contributed by atoms with Crippen molar-refractivity contribution >= 4 is 5.69 Å². The van der Waals surface area contributed by atoms with Gasteiger partial charge in [0.15, 0.2) is 0 Å². The van der Waals surface area contributed by atoms with E-state index in [1.807, 2.05) is 0 Å². The number of alkyl halides is 3. The van der Waals surface area contributed by atoms with Gasteiger partial charge in [0.25, 0.3) is 5.69 Å². The fraction of sp³-hybridized carbons (Fsp3) is 0.500. The molecule has 2 rings (SSSR count). The van der Waals surface area contributed by atoms with E-state index in [1.165, 1.54) is 6.07 Å². The molecule has 7 heteroatoms. The lowest BCUT2D eigenvalue weighted by Crippen LogP contribution is -2.44. The predicted molar refractivity (Wildman–Crippen MR) is 62.7 cm³/mol. The minimum atomic E-state index is -4.27. The van der Waals surface area contributed by atoms with Crippen LogP contribution in [0.2, 0.25) is 0 Å². The fourth-order valence-electron chi connectivity index (χ4n) is 1.92. The molecule has 1 fully saturated rings. The van der Waals surface area contributed by atoms with Gasteiger partial charge in [0.2, 0.25) is 0 Å². The average molecular weight is 274 g/mol. The third-order valence-electron chi connectivity index (χ3n) is 3.39. The summed E-state index contributed by atoms with van der Waals surface area (Å²) in [5, 5.41) is 13.2. The van der Waals surface area contributed by atoms with Crippen LogP contribution in [-0.2, 0) is 6.54 Å². The summed E-state index contributed by atoms with van der Waals surface area (Å²) >= 11 is 0. The summed E-state index contributed by atoms with van der Waals surface area (Å²) in [6.07, 6.45) is -4.15. The number of nitrogens with one attached hydrogen (secondary N) is 1. The molecule has 1 saturated carbocycles. The Kier molecular flexibility index (Phi) is 3.25. The van der Waals surface area contributed by atoms with Crippen LogP contribution in [0.1, 0.15) is 24.0 Å². The lowest BCUT2D eigenvalue weighted by molar-refractivity contribution is -0.385. The van der Waals surface area contributed by atoms with Gasteiger partial charge in [0.1, 0.15) is 5.54 Å². The van der Waals surface area contributed by atoms with Crippen molar-refractivity contribution in [3.63, 3.8) is 0 Å². The zero-order valence-electron chi connectivity index (χ0n) is 10.3. The van der Waals surface area contributed by atoms with Gasteiger partial charge in [-0.25, -0.2) is 0 Å². The number of halogens is 3. The maximum atomic E-state index is 12.7. The molecule has 1 aliphatic carbocycles. The fourth-order valence-corrected chi connectivity index (χ4v) is 1.92. The largest absolute Gasteiger partial charge is 0.406 e. The van der Waals surface area contributed by atoms with E-state index in [-0.39, 0.29) is 25.1 Å².